The number of hydrogen-bond acceptors (Lipinski definition) is 6. The molecule has 0 atom stereocenters. The Hall–Kier alpha value is -2.50. The Morgan fingerprint density at radius 3 is 2.68 bits per heavy atom. The van der Waals surface area contributed by atoms with Crippen LogP contribution in [0.5, 0.6) is 11.5 Å². The van der Waals surface area contributed by atoms with Gasteiger partial charge in [0.2, 0.25) is 0 Å². The second-order valence-corrected chi connectivity index (χ2v) is 3.70. The van der Waals surface area contributed by atoms with Crippen molar-refractivity contribution in [3.05, 3.63) is 41.1 Å². The minimum Gasteiger partial charge on any atom is -0.493 e. The molecule has 0 unspecified atom stereocenters. The van der Waals surface area contributed by atoms with E-state index >= 15 is 0 Å². The topological polar surface area (TPSA) is 73.7 Å². The van der Waals surface area contributed by atoms with Crippen molar-refractivity contribution in [3.8, 4) is 22.9 Å². The third kappa shape index (κ3) is 2.67. The molecule has 2 rings (SSSR count). The Bertz CT molecular complexity index is 573. The zero-order valence-electron chi connectivity index (χ0n) is 10.7. The van der Waals surface area contributed by atoms with Gasteiger partial charge < -0.3 is 9.47 Å². The largest absolute Gasteiger partial charge is 0.493 e. The van der Waals surface area contributed by atoms with Crippen LogP contribution in [-0.2, 0) is 6.54 Å². The molecule has 0 aliphatic carbocycles. The molecule has 19 heavy (non-hydrogen) atoms. The van der Waals surface area contributed by atoms with Crippen molar-refractivity contribution < 1.29 is 9.47 Å². The van der Waals surface area contributed by atoms with E-state index in [0.29, 0.717) is 28.6 Å². The standard InChI is InChI=1S/C13H13N3O3/c1-18-11-7-9(8-15-17)16-12(13(11)19-2)10-5-3-4-6-14-10/h3-7H,8H2,1-2H3. The first-order valence-corrected chi connectivity index (χ1v) is 5.62. The molecule has 6 heteroatoms. The Kier molecular flexibility index (Phi) is 4.02. The SMILES string of the molecule is COc1cc(CN=O)nc(-c2ccccn2)c1OC. The van der Waals surface area contributed by atoms with Gasteiger partial charge in [-0.3, -0.25) is 4.98 Å². The number of aromatic nitrogens is 2. The van der Waals surface area contributed by atoms with Gasteiger partial charge in [-0.25, -0.2) is 4.98 Å². The second-order valence-electron chi connectivity index (χ2n) is 3.70. The molecule has 0 amide bonds. The Morgan fingerprint density at radius 1 is 1.26 bits per heavy atom. The number of rotatable bonds is 5. The lowest BCUT2D eigenvalue weighted by Gasteiger charge is -2.12. The molecule has 0 aliphatic heterocycles. The summed E-state index contributed by atoms with van der Waals surface area (Å²) in [7, 11) is 3.06. The van der Waals surface area contributed by atoms with E-state index in [1.165, 1.54) is 14.2 Å². The van der Waals surface area contributed by atoms with E-state index in [-0.39, 0.29) is 6.54 Å². The molecule has 6 nitrogen and oxygen atoms in total. The van der Waals surface area contributed by atoms with Crippen molar-refractivity contribution in [2.24, 2.45) is 5.18 Å². The molecule has 0 fully saturated rings. The van der Waals surface area contributed by atoms with E-state index in [4.69, 9.17) is 9.47 Å². The first-order valence-electron chi connectivity index (χ1n) is 5.62. The van der Waals surface area contributed by atoms with Crippen LogP contribution in [-0.4, -0.2) is 24.2 Å². The van der Waals surface area contributed by atoms with Gasteiger partial charge in [-0.05, 0) is 12.1 Å². The van der Waals surface area contributed by atoms with Crippen molar-refractivity contribution in [2.75, 3.05) is 14.2 Å². The van der Waals surface area contributed by atoms with Gasteiger partial charge in [0.25, 0.3) is 0 Å². The minimum atomic E-state index is -0.0276. The number of hydrogen-bond donors (Lipinski definition) is 0. The molecule has 98 valence electrons. The first-order chi connectivity index (χ1) is 9.30. The fourth-order valence-electron chi connectivity index (χ4n) is 1.73. The summed E-state index contributed by atoms with van der Waals surface area (Å²) in [5, 5.41) is 2.84. The summed E-state index contributed by atoms with van der Waals surface area (Å²) in [5.74, 6) is 0.979. The van der Waals surface area contributed by atoms with Crippen molar-refractivity contribution in [2.45, 2.75) is 6.54 Å². The lowest BCUT2D eigenvalue weighted by molar-refractivity contribution is 0.354. The molecule has 0 radical (unpaired) electrons. The van der Waals surface area contributed by atoms with Crippen molar-refractivity contribution in [1.29, 1.82) is 0 Å². The van der Waals surface area contributed by atoms with E-state index in [1.807, 2.05) is 18.2 Å². The summed E-state index contributed by atoms with van der Waals surface area (Å²) < 4.78 is 10.6. The number of nitroso groups, excluding NO2 is 1. The molecule has 2 heterocycles. The maximum atomic E-state index is 10.4. The zero-order valence-corrected chi connectivity index (χ0v) is 10.7. The normalized spacial score (nSPS) is 10.0. The third-order valence-electron chi connectivity index (χ3n) is 2.55. The van der Waals surface area contributed by atoms with Crippen molar-refractivity contribution in [3.63, 3.8) is 0 Å². The molecule has 2 aromatic rings. The molecule has 0 aromatic carbocycles. The maximum Gasteiger partial charge on any atom is 0.188 e. The highest BCUT2D eigenvalue weighted by molar-refractivity contribution is 5.67. The van der Waals surface area contributed by atoms with E-state index in [9.17, 15) is 4.91 Å². The van der Waals surface area contributed by atoms with Crippen molar-refractivity contribution in [1.82, 2.24) is 9.97 Å². The molecular formula is C13H13N3O3. The van der Waals surface area contributed by atoms with E-state index in [1.54, 1.807) is 12.3 Å². The van der Waals surface area contributed by atoms with Crippen LogP contribution in [0.3, 0.4) is 0 Å². The van der Waals surface area contributed by atoms with Gasteiger partial charge in [0, 0.05) is 12.3 Å². The summed E-state index contributed by atoms with van der Waals surface area (Å²) in [6.45, 7) is -0.0276. The quantitative estimate of drug-likeness (QED) is 0.771. The van der Waals surface area contributed by atoms with Gasteiger partial charge in [0.05, 0.1) is 25.6 Å². The van der Waals surface area contributed by atoms with Crippen molar-refractivity contribution >= 4 is 0 Å². The highest BCUT2D eigenvalue weighted by atomic mass is 16.5. The number of ether oxygens (including phenoxy) is 2. The summed E-state index contributed by atoms with van der Waals surface area (Å²) >= 11 is 0. The fraction of sp³-hybridized carbons (Fsp3) is 0.231. The highest BCUT2D eigenvalue weighted by Gasteiger charge is 2.16. The molecule has 0 N–H and O–H groups in total. The average molecular weight is 259 g/mol. The van der Waals surface area contributed by atoms with Crippen LogP contribution in [0.4, 0.5) is 0 Å². The van der Waals surface area contributed by atoms with Crippen LogP contribution in [0.1, 0.15) is 5.69 Å². The third-order valence-corrected chi connectivity index (χ3v) is 2.55. The van der Waals surface area contributed by atoms with Crippen LogP contribution < -0.4 is 9.47 Å². The van der Waals surface area contributed by atoms with E-state index in [2.05, 4.69) is 15.1 Å². The summed E-state index contributed by atoms with van der Waals surface area (Å²) in [4.78, 5) is 19.0. The van der Waals surface area contributed by atoms with Gasteiger partial charge in [0.15, 0.2) is 11.5 Å². The highest BCUT2D eigenvalue weighted by Crippen LogP contribution is 2.36. The summed E-state index contributed by atoms with van der Waals surface area (Å²) in [5.41, 5.74) is 1.68. The van der Waals surface area contributed by atoms with E-state index < -0.39 is 0 Å². The molecule has 0 saturated carbocycles. The first kappa shape index (κ1) is 12.9. The second kappa shape index (κ2) is 5.90. The monoisotopic (exact) mass is 259 g/mol. The molecule has 2 aromatic heterocycles. The van der Waals surface area contributed by atoms with E-state index in [0.717, 1.165) is 0 Å². The van der Waals surface area contributed by atoms with Gasteiger partial charge in [-0.15, -0.1) is 0 Å². The lowest BCUT2D eigenvalue weighted by Crippen LogP contribution is -2.00. The fourth-order valence-corrected chi connectivity index (χ4v) is 1.73. The van der Waals surface area contributed by atoms with Crippen LogP contribution in [0, 0.1) is 4.91 Å². The average Bonchev–Trinajstić information content (AvgIpc) is 2.47. The van der Waals surface area contributed by atoms with Crippen LogP contribution in [0.15, 0.2) is 35.6 Å². The van der Waals surface area contributed by atoms with Gasteiger partial charge in [-0.2, -0.15) is 4.91 Å². The zero-order chi connectivity index (χ0) is 13.7. The van der Waals surface area contributed by atoms with Gasteiger partial charge >= 0.3 is 0 Å². The molecule has 0 aliphatic rings. The maximum absolute atomic E-state index is 10.4. The molecular weight excluding hydrogens is 246 g/mol. The minimum absolute atomic E-state index is 0.0276. The number of methoxy groups -OCH3 is 2. The summed E-state index contributed by atoms with van der Waals surface area (Å²) in [6.07, 6.45) is 1.66. The molecule has 0 bridgehead atoms. The predicted octanol–water partition coefficient (Wildman–Crippen LogP) is 2.43. The predicted molar refractivity (Wildman–Crippen MR) is 70.1 cm³/mol. The number of pyridine rings is 2. The summed E-state index contributed by atoms with van der Waals surface area (Å²) in [6, 6.07) is 7.10. The number of nitrogens with zero attached hydrogens (tertiary/aromatic N) is 3. The molecule has 0 saturated heterocycles. The smallest absolute Gasteiger partial charge is 0.188 e. The van der Waals surface area contributed by atoms with Gasteiger partial charge in [0.1, 0.15) is 12.2 Å². The van der Waals surface area contributed by atoms with Crippen LogP contribution >= 0.6 is 0 Å². The Balaban J connectivity index is 2.62. The molecule has 0 spiro atoms. The Morgan fingerprint density at radius 2 is 2.11 bits per heavy atom. The van der Waals surface area contributed by atoms with Crippen LogP contribution in [0.25, 0.3) is 11.4 Å². The Labute approximate surface area is 110 Å². The van der Waals surface area contributed by atoms with Crippen LogP contribution in [0.2, 0.25) is 0 Å². The van der Waals surface area contributed by atoms with Gasteiger partial charge in [-0.1, -0.05) is 11.2 Å². The lowest BCUT2D eigenvalue weighted by atomic mass is 10.2.